The summed E-state index contributed by atoms with van der Waals surface area (Å²) < 4.78 is 13.2. The molecule has 3 aromatic rings. The zero-order chi connectivity index (χ0) is 21.3. The molecule has 30 heavy (non-hydrogen) atoms. The predicted octanol–water partition coefficient (Wildman–Crippen LogP) is 6.63. The molecule has 1 aliphatic carbocycles. The van der Waals surface area contributed by atoms with Gasteiger partial charge in [-0.25, -0.2) is 9.38 Å². The van der Waals surface area contributed by atoms with Crippen molar-refractivity contribution in [2.24, 2.45) is 10.9 Å². The van der Waals surface area contributed by atoms with Crippen molar-refractivity contribution < 1.29 is 9.18 Å². The average molecular weight is 421 g/mol. The first-order valence-electron chi connectivity index (χ1n) is 10.2. The van der Waals surface area contributed by atoms with E-state index in [2.05, 4.69) is 17.2 Å². The number of hydrogen-bond acceptors (Lipinski definition) is 3. The Balaban J connectivity index is 1.71. The van der Waals surface area contributed by atoms with Gasteiger partial charge in [0.25, 0.3) is 5.91 Å². The number of para-hydroxylation sites is 1. The Hall–Kier alpha value is -2.79. The first-order valence-corrected chi connectivity index (χ1v) is 11.1. The van der Waals surface area contributed by atoms with Crippen LogP contribution in [0.2, 0.25) is 0 Å². The van der Waals surface area contributed by atoms with E-state index in [0.29, 0.717) is 11.5 Å². The zero-order valence-electron chi connectivity index (χ0n) is 17.5. The number of thiophene rings is 1. The van der Waals surface area contributed by atoms with Gasteiger partial charge in [0, 0.05) is 16.8 Å². The van der Waals surface area contributed by atoms with Gasteiger partial charge in [-0.15, -0.1) is 11.3 Å². The summed E-state index contributed by atoms with van der Waals surface area (Å²) in [5, 5.41) is 3.86. The molecule has 5 heteroatoms. The number of amides is 1. The van der Waals surface area contributed by atoms with Crippen LogP contribution in [0, 0.1) is 25.6 Å². The number of aryl methyl sites for hydroxylation is 2. The average Bonchev–Trinajstić information content (AvgIpc) is 3.07. The molecule has 1 aliphatic rings. The van der Waals surface area contributed by atoms with E-state index < -0.39 is 0 Å². The number of hydrogen-bond donors (Lipinski definition) is 1. The molecule has 4 rings (SSSR count). The Bertz CT molecular complexity index is 1090. The highest BCUT2D eigenvalue weighted by molar-refractivity contribution is 7.16. The van der Waals surface area contributed by atoms with Gasteiger partial charge in [-0.1, -0.05) is 37.3 Å². The minimum Gasteiger partial charge on any atom is -0.321 e. The summed E-state index contributed by atoms with van der Waals surface area (Å²) in [4.78, 5) is 19.3. The van der Waals surface area contributed by atoms with Crippen LogP contribution in [-0.2, 0) is 12.8 Å². The summed E-state index contributed by atoms with van der Waals surface area (Å²) in [6.45, 7) is 6.25. The third-order valence-corrected chi connectivity index (χ3v) is 6.80. The molecule has 0 radical (unpaired) electrons. The van der Waals surface area contributed by atoms with Gasteiger partial charge in [0.15, 0.2) is 0 Å². The monoisotopic (exact) mass is 420 g/mol. The van der Waals surface area contributed by atoms with Crippen LogP contribution in [0.15, 0.2) is 47.5 Å². The van der Waals surface area contributed by atoms with E-state index in [9.17, 15) is 9.18 Å². The number of nitrogens with one attached hydrogen (secondary N) is 1. The van der Waals surface area contributed by atoms with Crippen LogP contribution >= 0.6 is 11.3 Å². The fraction of sp³-hybridized carbons (Fsp3) is 0.280. The topological polar surface area (TPSA) is 41.5 Å². The number of carbonyl (C=O) groups excluding carboxylic acids is 1. The maximum Gasteiger partial charge on any atom is 0.259 e. The molecular weight excluding hydrogens is 395 g/mol. The third kappa shape index (κ3) is 4.21. The molecule has 154 valence electrons. The summed E-state index contributed by atoms with van der Waals surface area (Å²) in [5.74, 6) is 0.228. The second-order valence-electron chi connectivity index (χ2n) is 8.06. The Morgan fingerprint density at radius 3 is 2.57 bits per heavy atom. The molecule has 0 saturated carbocycles. The number of benzene rings is 2. The van der Waals surface area contributed by atoms with Crippen LogP contribution in [0.4, 0.5) is 15.1 Å². The quantitative estimate of drug-likeness (QED) is 0.473. The number of anilines is 1. The number of rotatable bonds is 4. The highest BCUT2D eigenvalue weighted by Crippen LogP contribution is 2.41. The molecule has 1 amide bonds. The van der Waals surface area contributed by atoms with Crippen molar-refractivity contribution >= 4 is 34.1 Å². The minimum absolute atomic E-state index is 0.106. The smallest absolute Gasteiger partial charge is 0.259 e. The maximum atomic E-state index is 13.4. The minimum atomic E-state index is -0.276. The van der Waals surface area contributed by atoms with E-state index in [1.54, 1.807) is 29.7 Å². The van der Waals surface area contributed by atoms with Gasteiger partial charge >= 0.3 is 0 Å². The fourth-order valence-electron chi connectivity index (χ4n) is 3.93. The number of fused-ring (bicyclic) bond motifs is 1. The summed E-state index contributed by atoms with van der Waals surface area (Å²) in [6.07, 6.45) is 4.66. The molecule has 1 heterocycles. The Labute approximate surface area is 180 Å². The largest absolute Gasteiger partial charge is 0.321 e. The van der Waals surface area contributed by atoms with E-state index in [0.717, 1.165) is 52.2 Å². The number of halogens is 1. The summed E-state index contributed by atoms with van der Waals surface area (Å²) >= 11 is 1.60. The number of nitrogens with zero attached hydrogens (tertiary/aromatic N) is 1. The van der Waals surface area contributed by atoms with E-state index in [1.807, 2.05) is 32.0 Å². The highest BCUT2D eigenvalue weighted by atomic mass is 32.1. The molecule has 2 aromatic carbocycles. The summed E-state index contributed by atoms with van der Waals surface area (Å²) in [6, 6.07) is 12.2. The van der Waals surface area contributed by atoms with Crippen LogP contribution in [0.3, 0.4) is 0 Å². The maximum absolute atomic E-state index is 13.4. The number of carbonyl (C=O) groups is 1. The molecule has 0 fully saturated rings. The second kappa shape index (κ2) is 8.52. The van der Waals surface area contributed by atoms with Crippen LogP contribution in [0.1, 0.15) is 50.8 Å². The molecular formula is C25H25FN2OS. The van der Waals surface area contributed by atoms with Gasteiger partial charge in [0.1, 0.15) is 10.8 Å². The van der Waals surface area contributed by atoms with Crippen molar-refractivity contribution in [3.63, 3.8) is 0 Å². The van der Waals surface area contributed by atoms with Gasteiger partial charge in [-0.05, 0) is 73.4 Å². The number of aliphatic imine (C=N–C) groups is 1. The molecule has 0 spiro atoms. The summed E-state index contributed by atoms with van der Waals surface area (Å²) in [5.41, 5.74) is 5.56. The first-order chi connectivity index (χ1) is 14.4. The van der Waals surface area contributed by atoms with Gasteiger partial charge in [0.2, 0.25) is 0 Å². The van der Waals surface area contributed by atoms with Gasteiger partial charge in [0.05, 0.1) is 5.56 Å². The lowest BCUT2D eigenvalue weighted by Crippen LogP contribution is -2.17. The highest BCUT2D eigenvalue weighted by Gasteiger charge is 2.27. The van der Waals surface area contributed by atoms with Crippen molar-refractivity contribution in [1.82, 2.24) is 0 Å². The van der Waals surface area contributed by atoms with Crippen LogP contribution < -0.4 is 5.32 Å². The van der Waals surface area contributed by atoms with Crippen molar-refractivity contribution in [1.29, 1.82) is 0 Å². The molecule has 0 aliphatic heterocycles. The Morgan fingerprint density at radius 2 is 1.87 bits per heavy atom. The van der Waals surface area contributed by atoms with Crippen LogP contribution in [0.25, 0.3) is 0 Å². The fourth-order valence-corrected chi connectivity index (χ4v) is 5.28. The lowest BCUT2D eigenvalue weighted by Gasteiger charge is -2.19. The van der Waals surface area contributed by atoms with Crippen molar-refractivity contribution in [2.75, 3.05) is 5.32 Å². The molecule has 0 bridgehead atoms. The third-order valence-electron chi connectivity index (χ3n) is 5.64. The first kappa shape index (κ1) is 20.5. The lowest BCUT2D eigenvalue weighted by atomic mass is 9.88. The van der Waals surface area contributed by atoms with E-state index in [1.165, 1.54) is 17.0 Å². The van der Waals surface area contributed by atoms with Gasteiger partial charge < -0.3 is 5.32 Å². The molecule has 3 nitrogen and oxygen atoms in total. The predicted molar refractivity (Wildman–Crippen MR) is 123 cm³/mol. The SMILES string of the molecule is Cc1cccc(C)c1NC(=O)c1c(N=Cc2ccc(F)cc2)sc2c1CCC(C)C2. The van der Waals surface area contributed by atoms with Crippen molar-refractivity contribution in [3.05, 3.63) is 81.0 Å². The normalized spacial score (nSPS) is 15.9. The molecule has 1 N–H and O–H groups in total. The molecule has 0 saturated heterocycles. The van der Waals surface area contributed by atoms with Crippen LogP contribution in [-0.4, -0.2) is 12.1 Å². The second-order valence-corrected chi connectivity index (χ2v) is 9.15. The molecule has 1 aromatic heterocycles. The van der Waals surface area contributed by atoms with E-state index in [4.69, 9.17) is 0 Å². The Morgan fingerprint density at radius 1 is 1.17 bits per heavy atom. The Kier molecular flexibility index (Phi) is 5.82. The molecule has 1 atom stereocenters. The van der Waals surface area contributed by atoms with Crippen molar-refractivity contribution in [2.45, 2.75) is 40.0 Å². The summed E-state index contributed by atoms with van der Waals surface area (Å²) in [7, 11) is 0. The van der Waals surface area contributed by atoms with E-state index in [-0.39, 0.29) is 11.7 Å². The molecule has 1 unspecified atom stereocenters. The standard InChI is InChI=1S/C25H25FN2OS/c1-15-7-12-20-21(13-15)30-25(27-14-18-8-10-19(26)11-9-18)22(20)24(29)28-23-16(2)5-4-6-17(23)3/h4-6,8-11,14-15H,7,12-13H2,1-3H3,(H,28,29). The van der Waals surface area contributed by atoms with Crippen LogP contribution in [0.5, 0.6) is 0 Å². The van der Waals surface area contributed by atoms with Gasteiger partial charge in [-0.3, -0.25) is 4.79 Å². The lowest BCUT2D eigenvalue weighted by molar-refractivity contribution is 0.102. The van der Waals surface area contributed by atoms with Gasteiger partial charge in [-0.2, -0.15) is 0 Å². The van der Waals surface area contributed by atoms with Crippen molar-refractivity contribution in [3.8, 4) is 0 Å². The zero-order valence-corrected chi connectivity index (χ0v) is 18.3. The van der Waals surface area contributed by atoms with E-state index >= 15 is 0 Å².